The fourth-order valence-corrected chi connectivity index (χ4v) is 1.94. The van der Waals surface area contributed by atoms with E-state index in [0.29, 0.717) is 11.4 Å². The Kier molecular flexibility index (Phi) is 3.74. The highest BCUT2D eigenvalue weighted by Gasteiger charge is 2.25. The van der Waals surface area contributed by atoms with Gasteiger partial charge in [-0.1, -0.05) is 11.6 Å². The molecule has 1 fully saturated rings. The van der Waals surface area contributed by atoms with Crippen LogP contribution in [0.5, 0.6) is 0 Å². The van der Waals surface area contributed by atoms with Crippen molar-refractivity contribution >= 4 is 23.0 Å². The molecule has 0 bridgehead atoms. The molecule has 1 aromatic carbocycles. The minimum absolute atomic E-state index is 0.0947. The number of nitrogens with two attached hydrogens (primary N) is 1. The smallest absolute Gasteiger partial charge is 0.143 e. The van der Waals surface area contributed by atoms with Crippen LogP contribution in [0.15, 0.2) is 12.1 Å². The first-order chi connectivity index (χ1) is 8.08. The quantitative estimate of drug-likeness (QED) is 0.797. The zero-order valence-corrected chi connectivity index (χ0v) is 10.6. The summed E-state index contributed by atoms with van der Waals surface area (Å²) in [6.45, 7) is 1.72. The second-order valence-corrected chi connectivity index (χ2v) is 4.90. The zero-order valence-electron chi connectivity index (χ0n) is 9.84. The number of hydrogen-bond acceptors (Lipinski definition) is 3. The number of nitrogen functional groups attached to an aromatic ring is 1. The van der Waals surface area contributed by atoms with Crippen LogP contribution in [0.4, 0.5) is 15.8 Å². The topological polar surface area (TPSA) is 41.3 Å². The summed E-state index contributed by atoms with van der Waals surface area (Å²) in [5, 5.41) is 3.27. The van der Waals surface area contributed by atoms with E-state index in [-0.39, 0.29) is 5.02 Å². The highest BCUT2D eigenvalue weighted by molar-refractivity contribution is 6.31. The van der Waals surface area contributed by atoms with Gasteiger partial charge in [0.25, 0.3) is 0 Å². The minimum atomic E-state index is -0.482. The molecular weight excluding hydrogens is 241 g/mol. The number of likely N-dealkylation sites (N-methyl/N-ethyl adjacent to an activating group) is 1. The molecule has 0 unspecified atom stereocenters. The summed E-state index contributed by atoms with van der Waals surface area (Å²) in [5.74, 6) is -0.482. The number of rotatable bonds is 5. The molecule has 1 aliphatic rings. The van der Waals surface area contributed by atoms with Crippen LogP contribution in [0.3, 0.4) is 0 Å². The van der Waals surface area contributed by atoms with Crippen molar-refractivity contribution in [1.82, 2.24) is 4.90 Å². The fourth-order valence-electron chi connectivity index (χ4n) is 1.78. The van der Waals surface area contributed by atoms with E-state index in [4.69, 9.17) is 17.3 Å². The molecule has 3 N–H and O–H groups in total. The van der Waals surface area contributed by atoms with Gasteiger partial charge in [-0.25, -0.2) is 4.39 Å². The van der Waals surface area contributed by atoms with E-state index in [2.05, 4.69) is 17.3 Å². The molecule has 0 amide bonds. The summed E-state index contributed by atoms with van der Waals surface area (Å²) in [5.41, 5.74) is 6.79. The Hall–Kier alpha value is -1.00. The third-order valence-electron chi connectivity index (χ3n) is 3.04. The predicted octanol–water partition coefficient (Wildman–Crippen LogP) is 2.57. The molecule has 5 heteroatoms. The van der Waals surface area contributed by atoms with Crippen LogP contribution >= 0.6 is 11.6 Å². The Labute approximate surface area is 106 Å². The fraction of sp³-hybridized carbons (Fsp3) is 0.500. The third kappa shape index (κ3) is 3.23. The maximum atomic E-state index is 13.1. The third-order valence-corrected chi connectivity index (χ3v) is 3.33. The van der Waals surface area contributed by atoms with Crippen molar-refractivity contribution in [1.29, 1.82) is 0 Å². The molecule has 0 heterocycles. The van der Waals surface area contributed by atoms with E-state index in [1.807, 2.05) is 0 Å². The Bertz CT molecular complexity index is 407. The Balaban J connectivity index is 1.87. The van der Waals surface area contributed by atoms with Crippen molar-refractivity contribution in [3.05, 3.63) is 23.0 Å². The zero-order chi connectivity index (χ0) is 12.4. The average Bonchev–Trinajstić information content (AvgIpc) is 3.09. The summed E-state index contributed by atoms with van der Waals surface area (Å²) in [6.07, 6.45) is 2.59. The van der Waals surface area contributed by atoms with Gasteiger partial charge in [-0.05, 0) is 26.0 Å². The van der Waals surface area contributed by atoms with Crippen LogP contribution in [-0.2, 0) is 0 Å². The molecule has 3 nitrogen and oxygen atoms in total. The van der Waals surface area contributed by atoms with Gasteiger partial charge in [0.15, 0.2) is 0 Å². The Morgan fingerprint density at radius 1 is 1.53 bits per heavy atom. The van der Waals surface area contributed by atoms with Crippen LogP contribution in [0.1, 0.15) is 12.8 Å². The predicted molar refractivity (Wildman–Crippen MR) is 70.0 cm³/mol. The lowest BCUT2D eigenvalue weighted by molar-refractivity contribution is 0.337. The van der Waals surface area contributed by atoms with Gasteiger partial charge in [-0.3, -0.25) is 0 Å². The van der Waals surface area contributed by atoms with Crippen LogP contribution in [-0.4, -0.2) is 31.1 Å². The van der Waals surface area contributed by atoms with E-state index in [1.54, 1.807) is 0 Å². The molecule has 2 rings (SSSR count). The highest BCUT2D eigenvalue weighted by Crippen LogP contribution is 2.27. The summed E-state index contributed by atoms with van der Waals surface area (Å²) < 4.78 is 13.1. The van der Waals surface area contributed by atoms with Gasteiger partial charge in [0.05, 0.1) is 16.4 Å². The maximum absolute atomic E-state index is 13.1. The SMILES string of the molecule is CN(CCNc1cc(Cl)c(F)cc1N)C1CC1. The van der Waals surface area contributed by atoms with Gasteiger partial charge in [-0.2, -0.15) is 0 Å². The second-order valence-electron chi connectivity index (χ2n) is 4.49. The minimum Gasteiger partial charge on any atom is -0.397 e. The monoisotopic (exact) mass is 257 g/mol. The van der Waals surface area contributed by atoms with Crippen molar-refractivity contribution in [2.24, 2.45) is 0 Å². The van der Waals surface area contributed by atoms with Gasteiger partial charge < -0.3 is 16.0 Å². The van der Waals surface area contributed by atoms with Crippen LogP contribution in [0, 0.1) is 5.82 Å². The largest absolute Gasteiger partial charge is 0.397 e. The number of halogens is 2. The molecule has 1 aliphatic carbocycles. The van der Waals surface area contributed by atoms with Crippen molar-refractivity contribution in [2.75, 3.05) is 31.2 Å². The molecule has 94 valence electrons. The normalized spacial score (nSPS) is 15.3. The van der Waals surface area contributed by atoms with Gasteiger partial charge >= 0.3 is 0 Å². The van der Waals surface area contributed by atoms with Crippen LogP contribution in [0.2, 0.25) is 5.02 Å². The molecule has 0 spiro atoms. The highest BCUT2D eigenvalue weighted by atomic mass is 35.5. The summed E-state index contributed by atoms with van der Waals surface area (Å²) >= 11 is 5.71. The van der Waals surface area contributed by atoms with E-state index in [1.165, 1.54) is 25.0 Å². The number of anilines is 2. The van der Waals surface area contributed by atoms with Crippen molar-refractivity contribution in [3.8, 4) is 0 Å². The van der Waals surface area contributed by atoms with Crippen molar-refractivity contribution < 1.29 is 4.39 Å². The standard InChI is InChI=1S/C12H17ClFN3/c1-17(8-2-3-8)5-4-16-12-6-9(13)10(14)7-11(12)15/h6-8,16H,2-5,15H2,1H3. The van der Waals surface area contributed by atoms with Gasteiger partial charge in [0.1, 0.15) is 5.82 Å². The Morgan fingerprint density at radius 2 is 2.24 bits per heavy atom. The lowest BCUT2D eigenvalue weighted by Crippen LogP contribution is -2.27. The number of benzene rings is 1. The number of nitrogens with zero attached hydrogens (tertiary/aromatic N) is 1. The molecule has 0 saturated heterocycles. The summed E-state index contributed by atoms with van der Waals surface area (Å²) in [7, 11) is 2.11. The summed E-state index contributed by atoms with van der Waals surface area (Å²) in [6, 6.07) is 3.52. The first-order valence-corrected chi connectivity index (χ1v) is 6.14. The molecule has 0 atom stereocenters. The van der Waals surface area contributed by atoms with Crippen molar-refractivity contribution in [3.63, 3.8) is 0 Å². The first-order valence-electron chi connectivity index (χ1n) is 5.76. The second kappa shape index (κ2) is 5.10. The van der Waals surface area contributed by atoms with E-state index < -0.39 is 5.82 Å². The molecule has 0 radical (unpaired) electrons. The molecule has 1 saturated carbocycles. The van der Waals surface area contributed by atoms with E-state index in [9.17, 15) is 4.39 Å². The lowest BCUT2D eigenvalue weighted by atomic mass is 10.2. The summed E-state index contributed by atoms with van der Waals surface area (Å²) in [4.78, 5) is 2.31. The van der Waals surface area contributed by atoms with Gasteiger partial charge in [0.2, 0.25) is 0 Å². The average molecular weight is 258 g/mol. The van der Waals surface area contributed by atoms with E-state index >= 15 is 0 Å². The van der Waals surface area contributed by atoms with Crippen molar-refractivity contribution in [2.45, 2.75) is 18.9 Å². The maximum Gasteiger partial charge on any atom is 0.143 e. The molecule has 0 aliphatic heterocycles. The number of hydrogen-bond donors (Lipinski definition) is 2. The first kappa shape index (κ1) is 12.5. The molecular formula is C12H17ClFN3. The van der Waals surface area contributed by atoms with Gasteiger partial charge in [-0.15, -0.1) is 0 Å². The Morgan fingerprint density at radius 3 is 2.88 bits per heavy atom. The van der Waals surface area contributed by atoms with Gasteiger partial charge in [0, 0.05) is 25.2 Å². The number of nitrogens with one attached hydrogen (secondary N) is 1. The molecule has 17 heavy (non-hydrogen) atoms. The lowest BCUT2D eigenvalue weighted by Gasteiger charge is -2.17. The van der Waals surface area contributed by atoms with Crippen LogP contribution in [0.25, 0.3) is 0 Å². The van der Waals surface area contributed by atoms with E-state index in [0.717, 1.165) is 19.1 Å². The van der Waals surface area contributed by atoms with Crippen LogP contribution < -0.4 is 11.1 Å². The molecule has 0 aromatic heterocycles. The molecule has 1 aromatic rings.